The van der Waals surface area contributed by atoms with Crippen LogP contribution < -0.4 is 11.1 Å². The lowest BCUT2D eigenvalue weighted by Gasteiger charge is -2.17. The van der Waals surface area contributed by atoms with E-state index in [0.29, 0.717) is 22.9 Å². The van der Waals surface area contributed by atoms with E-state index >= 15 is 0 Å². The first-order chi connectivity index (χ1) is 12.4. The zero-order valence-electron chi connectivity index (χ0n) is 15.2. The summed E-state index contributed by atoms with van der Waals surface area (Å²) in [5, 5.41) is 2.58. The molecule has 0 fully saturated rings. The van der Waals surface area contributed by atoms with Gasteiger partial charge in [-0.15, -0.1) is 0 Å². The Hall–Kier alpha value is -2.96. The van der Waals surface area contributed by atoms with Crippen LogP contribution in [0, 0.1) is 0 Å². The highest BCUT2D eigenvalue weighted by Gasteiger charge is 2.25. The second kappa shape index (κ2) is 8.42. The second-order valence-corrected chi connectivity index (χ2v) is 5.93. The molecule has 0 bridgehead atoms. The summed E-state index contributed by atoms with van der Waals surface area (Å²) < 4.78 is 5.30. The van der Waals surface area contributed by atoms with Crippen molar-refractivity contribution < 1.29 is 19.1 Å². The van der Waals surface area contributed by atoms with Gasteiger partial charge in [-0.3, -0.25) is 15.1 Å². The van der Waals surface area contributed by atoms with Gasteiger partial charge in [-0.1, -0.05) is 38.5 Å². The number of aryl methyl sites for hydroxylation is 1. The number of para-hydroxylation sites is 1. The van der Waals surface area contributed by atoms with Gasteiger partial charge in [0.2, 0.25) is 0 Å². The Morgan fingerprint density at radius 2 is 1.92 bits per heavy atom. The smallest absolute Gasteiger partial charge is 0.339 e. The van der Waals surface area contributed by atoms with Gasteiger partial charge in [0.25, 0.3) is 5.91 Å². The summed E-state index contributed by atoms with van der Waals surface area (Å²) in [6.07, 6.45) is 1.09. The van der Waals surface area contributed by atoms with Crippen LogP contribution in [-0.2, 0) is 22.4 Å². The minimum absolute atomic E-state index is 0.417. The fourth-order valence-electron chi connectivity index (χ4n) is 2.86. The topological polar surface area (TPSA) is 111 Å². The predicted octanol–water partition coefficient (Wildman–Crippen LogP) is 2.49. The van der Waals surface area contributed by atoms with E-state index in [9.17, 15) is 14.4 Å². The molecular weight excluding hydrogens is 334 g/mol. The van der Waals surface area contributed by atoms with E-state index < -0.39 is 24.0 Å². The maximum absolute atomic E-state index is 12.8. The molecule has 3 N–H and O–H groups in total. The molecule has 0 unspecified atom stereocenters. The SMILES string of the molecule is CCCc1nc2ccccc2c(C(=O)O[C@H](C)C(=O)NC(N)=O)c1CC. The van der Waals surface area contributed by atoms with Crippen LogP contribution in [-0.4, -0.2) is 29.0 Å². The molecule has 0 radical (unpaired) electrons. The number of benzene rings is 1. The molecule has 26 heavy (non-hydrogen) atoms. The first kappa shape index (κ1) is 19.4. The number of carbonyl (C=O) groups excluding carboxylic acids is 3. The molecule has 7 nitrogen and oxygen atoms in total. The lowest BCUT2D eigenvalue weighted by atomic mass is 9.96. The van der Waals surface area contributed by atoms with E-state index in [4.69, 9.17) is 10.5 Å². The second-order valence-electron chi connectivity index (χ2n) is 5.93. The van der Waals surface area contributed by atoms with Crippen molar-refractivity contribution in [2.75, 3.05) is 0 Å². The zero-order valence-corrected chi connectivity index (χ0v) is 15.2. The molecule has 0 aliphatic heterocycles. The van der Waals surface area contributed by atoms with E-state index in [2.05, 4.69) is 4.98 Å². The number of ether oxygens (including phenoxy) is 1. The van der Waals surface area contributed by atoms with Crippen molar-refractivity contribution in [3.63, 3.8) is 0 Å². The van der Waals surface area contributed by atoms with Gasteiger partial charge < -0.3 is 10.5 Å². The minimum Gasteiger partial charge on any atom is -0.449 e. The molecule has 138 valence electrons. The summed E-state index contributed by atoms with van der Waals surface area (Å²) in [5.74, 6) is -1.39. The fourth-order valence-corrected chi connectivity index (χ4v) is 2.86. The number of esters is 1. The number of amides is 3. The summed E-state index contributed by atoms with van der Waals surface area (Å²) in [7, 11) is 0. The standard InChI is InChI=1S/C19H23N3O4/c1-4-8-14-12(5-2)16(13-9-6-7-10-15(13)21-14)18(24)26-11(3)17(23)22-19(20)25/h6-7,9-11H,4-5,8H2,1-3H3,(H3,20,22,23,25)/t11-/m1/s1. The number of nitrogens with two attached hydrogens (primary N) is 1. The van der Waals surface area contributed by atoms with Crippen LogP contribution in [0.4, 0.5) is 4.79 Å². The summed E-state index contributed by atoms with van der Waals surface area (Å²) >= 11 is 0. The average Bonchev–Trinajstić information content (AvgIpc) is 2.60. The van der Waals surface area contributed by atoms with Crippen molar-refractivity contribution in [1.29, 1.82) is 0 Å². The number of carbonyl (C=O) groups is 3. The molecule has 0 aliphatic rings. The third-order valence-electron chi connectivity index (χ3n) is 4.02. The maximum Gasteiger partial charge on any atom is 0.339 e. The predicted molar refractivity (Wildman–Crippen MR) is 97.7 cm³/mol. The maximum atomic E-state index is 12.8. The van der Waals surface area contributed by atoms with E-state index in [1.807, 2.05) is 43.4 Å². The Balaban J connectivity index is 2.47. The number of rotatable bonds is 6. The zero-order chi connectivity index (χ0) is 19.3. The minimum atomic E-state index is -1.15. The summed E-state index contributed by atoms with van der Waals surface area (Å²) in [6, 6.07) is 6.33. The molecule has 2 aromatic rings. The van der Waals surface area contributed by atoms with Crippen LogP contribution in [0.5, 0.6) is 0 Å². The van der Waals surface area contributed by atoms with Crippen molar-refractivity contribution in [1.82, 2.24) is 10.3 Å². The van der Waals surface area contributed by atoms with Gasteiger partial charge in [-0.25, -0.2) is 9.59 Å². The van der Waals surface area contributed by atoms with E-state index in [0.717, 1.165) is 24.1 Å². The van der Waals surface area contributed by atoms with Gasteiger partial charge in [0.15, 0.2) is 6.10 Å². The van der Waals surface area contributed by atoms with Crippen LogP contribution in [0.1, 0.15) is 48.8 Å². The molecule has 1 aromatic carbocycles. The Morgan fingerprint density at radius 3 is 2.54 bits per heavy atom. The number of nitrogens with zero attached hydrogens (tertiary/aromatic N) is 1. The first-order valence-electron chi connectivity index (χ1n) is 8.60. The van der Waals surface area contributed by atoms with E-state index in [1.54, 1.807) is 0 Å². The largest absolute Gasteiger partial charge is 0.449 e. The van der Waals surface area contributed by atoms with Crippen LogP contribution in [0.15, 0.2) is 24.3 Å². The molecule has 1 aromatic heterocycles. The summed E-state index contributed by atoms with van der Waals surface area (Å²) in [4.78, 5) is 40.1. The normalized spacial score (nSPS) is 11.8. The van der Waals surface area contributed by atoms with Crippen molar-refractivity contribution in [3.05, 3.63) is 41.1 Å². The molecule has 2 rings (SSSR count). The Morgan fingerprint density at radius 1 is 1.23 bits per heavy atom. The number of hydrogen-bond acceptors (Lipinski definition) is 5. The van der Waals surface area contributed by atoms with Gasteiger partial charge >= 0.3 is 12.0 Å². The molecule has 0 aliphatic carbocycles. The molecule has 3 amide bonds. The fraction of sp³-hybridized carbons (Fsp3) is 0.368. The third kappa shape index (κ3) is 4.17. The lowest BCUT2D eigenvalue weighted by Crippen LogP contribution is -2.42. The molecule has 0 saturated heterocycles. The summed E-state index contributed by atoms with van der Waals surface area (Å²) in [6.45, 7) is 5.38. The number of imide groups is 1. The number of hydrogen-bond donors (Lipinski definition) is 2. The van der Waals surface area contributed by atoms with Crippen LogP contribution in [0.25, 0.3) is 10.9 Å². The highest BCUT2D eigenvalue weighted by atomic mass is 16.5. The highest BCUT2D eigenvalue weighted by molar-refractivity contribution is 6.06. The highest BCUT2D eigenvalue weighted by Crippen LogP contribution is 2.26. The Bertz CT molecular complexity index is 848. The van der Waals surface area contributed by atoms with E-state index in [1.165, 1.54) is 6.92 Å². The number of urea groups is 1. The number of aromatic nitrogens is 1. The van der Waals surface area contributed by atoms with Crippen molar-refractivity contribution in [3.8, 4) is 0 Å². The molecular formula is C19H23N3O4. The van der Waals surface area contributed by atoms with Gasteiger partial charge in [0, 0.05) is 11.1 Å². The van der Waals surface area contributed by atoms with Crippen LogP contribution >= 0.6 is 0 Å². The Labute approximate surface area is 151 Å². The monoisotopic (exact) mass is 357 g/mol. The summed E-state index contributed by atoms with van der Waals surface area (Å²) in [5.41, 5.74) is 7.72. The molecule has 0 saturated carbocycles. The number of pyridine rings is 1. The van der Waals surface area contributed by atoms with Crippen LogP contribution in [0.2, 0.25) is 0 Å². The number of fused-ring (bicyclic) bond motifs is 1. The molecule has 7 heteroatoms. The number of primary amides is 1. The first-order valence-corrected chi connectivity index (χ1v) is 8.60. The van der Waals surface area contributed by atoms with Crippen LogP contribution in [0.3, 0.4) is 0 Å². The number of nitrogens with one attached hydrogen (secondary N) is 1. The van der Waals surface area contributed by atoms with Gasteiger partial charge in [0.05, 0.1) is 11.1 Å². The molecule has 1 heterocycles. The van der Waals surface area contributed by atoms with Crippen molar-refractivity contribution >= 4 is 28.8 Å². The van der Waals surface area contributed by atoms with Crippen molar-refractivity contribution in [2.24, 2.45) is 5.73 Å². The average molecular weight is 357 g/mol. The van der Waals surface area contributed by atoms with Gasteiger partial charge in [-0.2, -0.15) is 0 Å². The quantitative estimate of drug-likeness (QED) is 0.772. The lowest BCUT2D eigenvalue weighted by molar-refractivity contribution is -0.127. The Kier molecular flexibility index (Phi) is 6.27. The van der Waals surface area contributed by atoms with Gasteiger partial charge in [0.1, 0.15) is 0 Å². The third-order valence-corrected chi connectivity index (χ3v) is 4.02. The van der Waals surface area contributed by atoms with Crippen molar-refractivity contribution in [2.45, 2.75) is 46.1 Å². The molecule has 0 spiro atoms. The van der Waals surface area contributed by atoms with E-state index in [-0.39, 0.29) is 0 Å². The molecule has 1 atom stereocenters. The van der Waals surface area contributed by atoms with Gasteiger partial charge in [-0.05, 0) is 31.4 Å².